The highest BCUT2D eigenvalue weighted by Crippen LogP contribution is 2.46. The van der Waals surface area contributed by atoms with Gasteiger partial charge < -0.3 is 20.5 Å². The van der Waals surface area contributed by atoms with Gasteiger partial charge in [0, 0.05) is 11.3 Å². The van der Waals surface area contributed by atoms with Crippen molar-refractivity contribution in [3.8, 4) is 11.5 Å². The predicted octanol–water partition coefficient (Wildman–Crippen LogP) is 3.23. The number of nitrogens with one attached hydrogen (secondary N) is 1. The number of anilines is 1. The number of nitrogens with zero attached hydrogens (tertiary/aromatic N) is 2. The zero-order valence-electron chi connectivity index (χ0n) is 17.9. The van der Waals surface area contributed by atoms with Crippen LogP contribution < -0.4 is 20.5 Å². The normalized spacial score (nSPS) is 23.8. The average molecular weight is 519 g/mol. The Bertz CT molecular complexity index is 1370. The number of amides is 1. The van der Waals surface area contributed by atoms with E-state index >= 15 is 0 Å². The van der Waals surface area contributed by atoms with Gasteiger partial charge in [0.05, 0.1) is 11.9 Å². The molecule has 3 N–H and O–H groups in total. The largest absolute Gasteiger partial charge is 0.586 e. The summed E-state index contributed by atoms with van der Waals surface area (Å²) in [7, 11) is -3.81. The standard InChI is InChI=1S/C20H18ClF3N4O5S/c1-18(2)17(25)28-19(3,8-34(18,30)31)10-6-9(4-5-11(10)22)27-16(29)14-13(21)15-12(7-26-14)32-20(23,24)33-15/h4-7H,8H2,1-3H3,(H2,25,28)(H,27,29)/t19-/m0/s1. The fraction of sp³-hybridized carbons (Fsp3) is 0.350. The molecule has 0 radical (unpaired) electrons. The van der Waals surface area contributed by atoms with Gasteiger partial charge in [-0.1, -0.05) is 11.6 Å². The zero-order valence-corrected chi connectivity index (χ0v) is 19.5. The summed E-state index contributed by atoms with van der Waals surface area (Å²) < 4.78 is 74.0. The van der Waals surface area contributed by atoms with Gasteiger partial charge in [-0.05, 0) is 39.0 Å². The first-order valence-corrected chi connectivity index (χ1v) is 11.7. The molecule has 0 saturated heterocycles. The van der Waals surface area contributed by atoms with E-state index < -0.39 is 66.1 Å². The molecule has 1 amide bonds. The minimum absolute atomic E-state index is 0.0412. The number of pyridine rings is 1. The molecule has 1 aromatic heterocycles. The molecule has 14 heteroatoms. The summed E-state index contributed by atoms with van der Waals surface area (Å²) in [6, 6.07) is 3.43. The van der Waals surface area contributed by atoms with Crippen LogP contribution >= 0.6 is 11.6 Å². The third-order valence-electron chi connectivity index (χ3n) is 5.64. The highest BCUT2D eigenvalue weighted by Gasteiger charge is 2.49. The van der Waals surface area contributed by atoms with E-state index in [1.54, 1.807) is 0 Å². The second-order valence-electron chi connectivity index (χ2n) is 8.47. The minimum atomic E-state index is -3.96. The summed E-state index contributed by atoms with van der Waals surface area (Å²) in [6.07, 6.45) is -3.11. The first kappa shape index (κ1) is 24.1. The van der Waals surface area contributed by atoms with Crippen LogP contribution in [0.4, 0.5) is 18.9 Å². The molecule has 2 aliphatic rings. The SMILES string of the molecule is CC1(C)C(N)=N[C@](C)(c2cc(NC(=O)c3ncc4c(c3Cl)OC(F)(F)O4)ccc2F)CS1(=O)=O. The summed E-state index contributed by atoms with van der Waals surface area (Å²) in [4.78, 5) is 20.7. The van der Waals surface area contributed by atoms with E-state index in [2.05, 4.69) is 24.8 Å². The van der Waals surface area contributed by atoms with Crippen molar-refractivity contribution in [2.75, 3.05) is 11.1 Å². The first-order chi connectivity index (χ1) is 15.6. The first-order valence-electron chi connectivity index (χ1n) is 9.70. The fourth-order valence-corrected chi connectivity index (χ4v) is 5.49. The van der Waals surface area contributed by atoms with Crippen molar-refractivity contribution in [2.24, 2.45) is 10.7 Å². The molecule has 0 saturated carbocycles. The average Bonchev–Trinajstić information content (AvgIpc) is 3.03. The minimum Gasteiger partial charge on any atom is -0.394 e. The van der Waals surface area contributed by atoms with Crippen LogP contribution in [0.1, 0.15) is 36.8 Å². The monoisotopic (exact) mass is 518 g/mol. The van der Waals surface area contributed by atoms with Gasteiger partial charge >= 0.3 is 6.29 Å². The van der Waals surface area contributed by atoms with Crippen molar-refractivity contribution >= 4 is 38.9 Å². The number of halogens is 4. The molecule has 3 heterocycles. The van der Waals surface area contributed by atoms with E-state index in [-0.39, 0.29) is 17.1 Å². The van der Waals surface area contributed by atoms with Gasteiger partial charge in [-0.25, -0.2) is 17.8 Å². The zero-order chi connectivity index (χ0) is 25.3. The number of sulfone groups is 1. The number of hydrogen-bond acceptors (Lipinski definition) is 8. The van der Waals surface area contributed by atoms with E-state index in [4.69, 9.17) is 17.3 Å². The number of aromatic nitrogens is 1. The molecule has 0 fully saturated rings. The van der Waals surface area contributed by atoms with Crippen LogP contribution in [-0.2, 0) is 15.4 Å². The summed E-state index contributed by atoms with van der Waals surface area (Å²) in [5.74, 6) is -3.39. The Morgan fingerprint density at radius 1 is 1.24 bits per heavy atom. The van der Waals surface area contributed by atoms with Gasteiger partial charge in [-0.3, -0.25) is 9.79 Å². The highest BCUT2D eigenvalue weighted by atomic mass is 35.5. The van der Waals surface area contributed by atoms with E-state index in [0.29, 0.717) is 0 Å². The molecule has 1 aromatic carbocycles. The molecule has 34 heavy (non-hydrogen) atoms. The molecule has 1 atom stereocenters. The van der Waals surface area contributed by atoms with Crippen LogP contribution in [0.3, 0.4) is 0 Å². The molecular weight excluding hydrogens is 501 g/mol. The fourth-order valence-electron chi connectivity index (χ4n) is 3.53. The Morgan fingerprint density at radius 3 is 2.56 bits per heavy atom. The molecule has 4 rings (SSSR count). The van der Waals surface area contributed by atoms with Crippen molar-refractivity contribution in [3.05, 3.63) is 46.5 Å². The van der Waals surface area contributed by atoms with Gasteiger partial charge in [-0.15, -0.1) is 8.78 Å². The third-order valence-corrected chi connectivity index (χ3v) is 8.70. The van der Waals surface area contributed by atoms with Gasteiger partial charge in [0.1, 0.15) is 27.0 Å². The molecule has 182 valence electrons. The van der Waals surface area contributed by atoms with Crippen molar-refractivity contribution in [1.82, 2.24) is 4.98 Å². The molecular formula is C20H18ClF3N4O5S. The predicted molar refractivity (Wildman–Crippen MR) is 117 cm³/mol. The molecule has 0 aliphatic carbocycles. The van der Waals surface area contributed by atoms with E-state index in [9.17, 15) is 26.4 Å². The number of amidine groups is 1. The quantitative estimate of drug-likeness (QED) is 0.637. The lowest BCUT2D eigenvalue weighted by Crippen LogP contribution is -2.55. The Morgan fingerprint density at radius 2 is 1.91 bits per heavy atom. The molecule has 9 nitrogen and oxygen atoms in total. The molecule has 0 bridgehead atoms. The van der Waals surface area contributed by atoms with E-state index in [0.717, 1.165) is 12.3 Å². The smallest absolute Gasteiger partial charge is 0.394 e. The van der Waals surface area contributed by atoms with E-state index in [1.807, 2.05) is 0 Å². The van der Waals surface area contributed by atoms with Crippen LogP contribution in [0.15, 0.2) is 29.4 Å². The highest BCUT2D eigenvalue weighted by molar-refractivity contribution is 7.93. The Kier molecular flexibility index (Phi) is 5.29. The lowest BCUT2D eigenvalue weighted by Gasteiger charge is -2.38. The molecule has 2 aromatic rings. The lowest BCUT2D eigenvalue weighted by molar-refractivity contribution is -0.286. The van der Waals surface area contributed by atoms with Crippen molar-refractivity contribution < 1.29 is 35.9 Å². The maximum atomic E-state index is 14.8. The van der Waals surface area contributed by atoms with Gasteiger partial charge in [0.2, 0.25) is 0 Å². The van der Waals surface area contributed by atoms with Crippen molar-refractivity contribution in [2.45, 2.75) is 37.4 Å². The number of carbonyl (C=O) groups is 1. The van der Waals surface area contributed by atoms with Crippen LogP contribution in [0.5, 0.6) is 11.5 Å². The number of rotatable bonds is 3. The lowest BCUT2D eigenvalue weighted by atomic mass is 9.92. The summed E-state index contributed by atoms with van der Waals surface area (Å²) in [5.41, 5.74) is 3.80. The molecule has 0 unspecified atom stereocenters. The Labute approximate surface area is 197 Å². The van der Waals surface area contributed by atoms with Crippen molar-refractivity contribution in [3.63, 3.8) is 0 Å². The van der Waals surface area contributed by atoms with Crippen LogP contribution in [-0.4, -0.2) is 41.9 Å². The Balaban J connectivity index is 1.67. The van der Waals surface area contributed by atoms with E-state index in [1.165, 1.54) is 32.9 Å². The maximum Gasteiger partial charge on any atom is 0.586 e. The number of hydrogen-bond donors (Lipinski definition) is 2. The van der Waals surface area contributed by atoms with Crippen LogP contribution in [0.2, 0.25) is 5.02 Å². The summed E-state index contributed by atoms with van der Waals surface area (Å²) in [6.45, 7) is 4.23. The van der Waals surface area contributed by atoms with Crippen LogP contribution in [0.25, 0.3) is 0 Å². The molecule has 2 aliphatic heterocycles. The second kappa shape index (κ2) is 7.47. The number of fused-ring (bicyclic) bond motifs is 1. The van der Waals surface area contributed by atoms with Gasteiger partial charge in [0.15, 0.2) is 27.0 Å². The number of nitrogens with two attached hydrogens (primary N) is 1. The van der Waals surface area contributed by atoms with Crippen LogP contribution in [0, 0.1) is 5.82 Å². The summed E-state index contributed by atoms with van der Waals surface area (Å²) >= 11 is 6.00. The van der Waals surface area contributed by atoms with Crippen molar-refractivity contribution in [1.29, 1.82) is 0 Å². The molecule has 0 spiro atoms. The van der Waals surface area contributed by atoms with Gasteiger partial charge in [0.25, 0.3) is 5.91 Å². The maximum absolute atomic E-state index is 14.8. The topological polar surface area (TPSA) is 133 Å². The number of aliphatic imine (C=N–C) groups is 1. The number of benzene rings is 1. The van der Waals surface area contributed by atoms with Gasteiger partial charge in [-0.2, -0.15) is 0 Å². The number of carbonyl (C=O) groups excluding carboxylic acids is 1. The third kappa shape index (κ3) is 3.82. The second-order valence-corrected chi connectivity index (χ2v) is 11.4. The number of alkyl halides is 2. The number of ether oxygens (including phenoxy) is 2. The Hall–Kier alpha value is -3.06. The summed E-state index contributed by atoms with van der Waals surface area (Å²) in [5, 5.41) is 1.90.